The fraction of sp³-hybridized carbons (Fsp3) is 0.118. The Morgan fingerprint density at radius 2 is 1.91 bits per heavy atom. The predicted molar refractivity (Wildman–Crippen MR) is 79.1 cm³/mol. The van der Waals surface area contributed by atoms with Crippen LogP contribution in [0.3, 0.4) is 0 Å². The Hall–Kier alpha value is -3.13. The molecule has 1 atom stereocenters. The van der Waals surface area contributed by atoms with Crippen LogP contribution in [0.2, 0.25) is 0 Å². The maximum atomic E-state index is 12.2. The first kappa shape index (κ1) is 13.8. The van der Waals surface area contributed by atoms with Gasteiger partial charge in [0.1, 0.15) is 0 Å². The summed E-state index contributed by atoms with van der Waals surface area (Å²) in [6.07, 6.45) is -0.498. The van der Waals surface area contributed by atoms with Gasteiger partial charge in [-0.05, 0) is 35.9 Å². The van der Waals surface area contributed by atoms with Crippen LogP contribution >= 0.6 is 0 Å². The molecule has 3 rings (SSSR count). The Morgan fingerprint density at radius 1 is 1.18 bits per heavy atom. The number of carbonyl (C=O) groups excluding carboxylic acids is 2. The third-order valence-electron chi connectivity index (χ3n) is 3.47. The van der Waals surface area contributed by atoms with Crippen molar-refractivity contribution in [3.63, 3.8) is 0 Å². The second-order valence-corrected chi connectivity index (χ2v) is 4.93. The molecule has 0 aliphatic carbocycles. The number of fused-ring (bicyclic) bond motifs is 1. The summed E-state index contributed by atoms with van der Waals surface area (Å²) in [5.74, 6) is -0.866. The number of rotatable bonds is 2. The lowest BCUT2D eigenvalue weighted by Gasteiger charge is -2.23. The third-order valence-corrected chi connectivity index (χ3v) is 3.47. The lowest BCUT2D eigenvalue weighted by Crippen LogP contribution is -2.37. The molecule has 1 amide bonds. The van der Waals surface area contributed by atoms with E-state index in [0.29, 0.717) is 23.2 Å². The highest BCUT2D eigenvalue weighted by Crippen LogP contribution is 2.21. The van der Waals surface area contributed by atoms with Crippen molar-refractivity contribution >= 4 is 17.6 Å². The van der Waals surface area contributed by atoms with Crippen LogP contribution in [0.15, 0.2) is 48.5 Å². The number of ether oxygens (including phenoxy) is 1. The fourth-order valence-electron chi connectivity index (χ4n) is 2.33. The average Bonchev–Trinajstić information content (AvgIpc) is 2.55. The molecule has 0 fully saturated rings. The van der Waals surface area contributed by atoms with E-state index in [9.17, 15) is 9.59 Å². The van der Waals surface area contributed by atoms with E-state index in [1.54, 1.807) is 36.4 Å². The molecule has 2 aromatic carbocycles. The Balaban J connectivity index is 1.73. The van der Waals surface area contributed by atoms with E-state index < -0.39 is 12.1 Å². The zero-order valence-electron chi connectivity index (χ0n) is 11.6. The van der Waals surface area contributed by atoms with E-state index >= 15 is 0 Å². The molecule has 0 spiro atoms. The van der Waals surface area contributed by atoms with Crippen LogP contribution in [0.1, 0.15) is 21.5 Å². The number of hydrogen-bond acceptors (Lipinski definition) is 4. The van der Waals surface area contributed by atoms with Gasteiger partial charge in [-0.15, -0.1) is 0 Å². The zero-order chi connectivity index (χ0) is 15.5. The van der Waals surface area contributed by atoms with Gasteiger partial charge in [-0.25, -0.2) is 4.79 Å². The lowest BCUT2D eigenvalue weighted by molar-refractivity contribution is -0.125. The van der Waals surface area contributed by atoms with Gasteiger partial charge < -0.3 is 10.1 Å². The smallest absolute Gasteiger partial charge is 0.339 e. The van der Waals surface area contributed by atoms with Crippen molar-refractivity contribution in [2.45, 2.75) is 12.5 Å². The summed E-state index contributed by atoms with van der Waals surface area (Å²) in [6, 6.07) is 15.6. The minimum atomic E-state index is -0.849. The molecule has 0 saturated carbocycles. The molecule has 108 valence electrons. The predicted octanol–water partition coefficient (Wildman–Crippen LogP) is 2.28. The summed E-state index contributed by atoms with van der Waals surface area (Å²) >= 11 is 0. The van der Waals surface area contributed by atoms with Gasteiger partial charge in [-0.3, -0.25) is 4.79 Å². The van der Waals surface area contributed by atoms with Gasteiger partial charge in [0.05, 0.1) is 17.2 Å². The van der Waals surface area contributed by atoms with Crippen LogP contribution in [-0.2, 0) is 16.0 Å². The van der Waals surface area contributed by atoms with Gasteiger partial charge in [0.15, 0.2) is 6.10 Å². The van der Waals surface area contributed by atoms with E-state index in [0.717, 1.165) is 5.56 Å². The maximum Gasteiger partial charge on any atom is 0.339 e. The van der Waals surface area contributed by atoms with Crippen LogP contribution in [0.25, 0.3) is 0 Å². The Kier molecular flexibility index (Phi) is 3.58. The van der Waals surface area contributed by atoms with Crippen molar-refractivity contribution in [2.75, 3.05) is 5.32 Å². The van der Waals surface area contributed by atoms with E-state index in [-0.39, 0.29) is 5.91 Å². The van der Waals surface area contributed by atoms with Crippen molar-refractivity contribution in [3.05, 3.63) is 65.2 Å². The molecule has 5 heteroatoms. The summed E-state index contributed by atoms with van der Waals surface area (Å²) in [5.41, 5.74) is 2.37. The van der Waals surface area contributed by atoms with Crippen LogP contribution in [-0.4, -0.2) is 18.0 Å². The van der Waals surface area contributed by atoms with Crippen molar-refractivity contribution in [2.24, 2.45) is 0 Å². The van der Waals surface area contributed by atoms with Gasteiger partial charge in [0, 0.05) is 12.1 Å². The molecular weight excluding hydrogens is 280 g/mol. The molecule has 1 unspecified atom stereocenters. The second kappa shape index (κ2) is 5.70. The molecule has 2 aromatic rings. The molecule has 1 heterocycles. The molecule has 1 aliphatic rings. The summed E-state index contributed by atoms with van der Waals surface area (Å²) in [6.45, 7) is 0. The van der Waals surface area contributed by atoms with Gasteiger partial charge in [-0.1, -0.05) is 18.2 Å². The number of carbonyl (C=O) groups is 2. The molecule has 0 saturated heterocycles. The van der Waals surface area contributed by atoms with Crippen LogP contribution in [0.5, 0.6) is 0 Å². The summed E-state index contributed by atoms with van der Waals surface area (Å²) < 4.78 is 5.19. The normalized spacial score (nSPS) is 16.1. The molecule has 0 aromatic heterocycles. The quantitative estimate of drug-likeness (QED) is 0.861. The standard InChI is InChI=1S/C17H12N2O3/c18-10-11-5-7-13(8-6-11)19-16(20)15-9-12-3-1-2-4-14(12)17(21)22-15/h1-8,15H,9H2,(H,19,20). The Bertz CT molecular complexity index is 775. The number of anilines is 1. The number of hydrogen-bond donors (Lipinski definition) is 1. The van der Waals surface area contributed by atoms with Crippen LogP contribution in [0, 0.1) is 11.3 Å². The fourth-order valence-corrected chi connectivity index (χ4v) is 2.33. The number of cyclic esters (lactones) is 1. The first-order chi connectivity index (χ1) is 10.7. The number of nitriles is 1. The molecule has 5 nitrogen and oxygen atoms in total. The number of nitrogens with one attached hydrogen (secondary N) is 1. The Morgan fingerprint density at radius 3 is 2.64 bits per heavy atom. The second-order valence-electron chi connectivity index (χ2n) is 4.93. The van der Waals surface area contributed by atoms with E-state index in [1.165, 1.54) is 0 Å². The van der Waals surface area contributed by atoms with Crippen LogP contribution < -0.4 is 5.32 Å². The van der Waals surface area contributed by atoms with Crippen molar-refractivity contribution in [1.82, 2.24) is 0 Å². The average molecular weight is 292 g/mol. The molecule has 1 aliphatic heterocycles. The number of esters is 1. The summed E-state index contributed by atoms with van der Waals surface area (Å²) in [5, 5.41) is 11.4. The number of amides is 1. The first-order valence-electron chi connectivity index (χ1n) is 6.77. The highest BCUT2D eigenvalue weighted by molar-refractivity contribution is 6.00. The number of benzene rings is 2. The van der Waals surface area contributed by atoms with Gasteiger partial charge >= 0.3 is 5.97 Å². The monoisotopic (exact) mass is 292 g/mol. The highest BCUT2D eigenvalue weighted by Gasteiger charge is 2.30. The van der Waals surface area contributed by atoms with Gasteiger partial charge in [-0.2, -0.15) is 5.26 Å². The minimum absolute atomic E-state index is 0.351. The molecule has 0 bridgehead atoms. The number of nitrogens with zero attached hydrogens (tertiary/aromatic N) is 1. The van der Waals surface area contributed by atoms with Crippen molar-refractivity contribution < 1.29 is 14.3 Å². The lowest BCUT2D eigenvalue weighted by atomic mass is 9.98. The largest absolute Gasteiger partial charge is 0.448 e. The van der Waals surface area contributed by atoms with Crippen molar-refractivity contribution in [1.29, 1.82) is 5.26 Å². The first-order valence-corrected chi connectivity index (χ1v) is 6.77. The zero-order valence-corrected chi connectivity index (χ0v) is 11.6. The van der Waals surface area contributed by atoms with E-state index in [1.807, 2.05) is 18.2 Å². The highest BCUT2D eigenvalue weighted by atomic mass is 16.5. The van der Waals surface area contributed by atoms with Crippen molar-refractivity contribution in [3.8, 4) is 6.07 Å². The molecular formula is C17H12N2O3. The summed E-state index contributed by atoms with van der Waals surface area (Å²) in [7, 11) is 0. The van der Waals surface area contributed by atoms with Gasteiger partial charge in [0.25, 0.3) is 5.91 Å². The Labute approximate surface area is 127 Å². The van der Waals surface area contributed by atoms with Gasteiger partial charge in [0.2, 0.25) is 0 Å². The van der Waals surface area contributed by atoms with Crippen LogP contribution in [0.4, 0.5) is 5.69 Å². The van der Waals surface area contributed by atoms with E-state index in [2.05, 4.69) is 5.32 Å². The molecule has 0 radical (unpaired) electrons. The minimum Gasteiger partial charge on any atom is -0.448 e. The summed E-state index contributed by atoms with van der Waals surface area (Å²) in [4.78, 5) is 24.1. The SMILES string of the molecule is N#Cc1ccc(NC(=O)C2Cc3ccccc3C(=O)O2)cc1. The molecule has 1 N–H and O–H groups in total. The molecule has 22 heavy (non-hydrogen) atoms. The maximum absolute atomic E-state index is 12.2. The topological polar surface area (TPSA) is 79.2 Å². The van der Waals surface area contributed by atoms with E-state index in [4.69, 9.17) is 10.00 Å². The third kappa shape index (κ3) is 2.67.